The first kappa shape index (κ1) is 25.7. The van der Waals surface area contributed by atoms with Gasteiger partial charge in [0, 0.05) is 37.8 Å². The number of amides is 1. The van der Waals surface area contributed by atoms with Crippen molar-refractivity contribution in [1.82, 2.24) is 10.2 Å². The van der Waals surface area contributed by atoms with Crippen LogP contribution < -0.4 is 14.8 Å². The van der Waals surface area contributed by atoms with E-state index in [1.165, 1.54) is 17.2 Å². The summed E-state index contributed by atoms with van der Waals surface area (Å²) in [5.41, 5.74) is 4.11. The molecule has 3 aromatic rings. The highest BCUT2D eigenvalue weighted by molar-refractivity contribution is 5.79. The first-order chi connectivity index (χ1) is 17.5. The predicted molar refractivity (Wildman–Crippen MR) is 140 cm³/mol. The Kier molecular flexibility index (Phi) is 8.60. The van der Waals surface area contributed by atoms with Gasteiger partial charge in [-0.1, -0.05) is 49.4 Å². The van der Waals surface area contributed by atoms with Crippen LogP contribution in [0.3, 0.4) is 0 Å². The van der Waals surface area contributed by atoms with Crippen molar-refractivity contribution >= 4 is 5.91 Å². The summed E-state index contributed by atoms with van der Waals surface area (Å²) in [6.45, 7) is 4.49. The maximum atomic E-state index is 14.1. The van der Waals surface area contributed by atoms with Crippen molar-refractivity contribution in [3.05, 3.63) is 94.8 Å². The van der Waals surface area contributed by atoms with Crippen LogP contribution in [0.15, 0.2) is 66.7 Å². The predicted octanol–water partition coefficient (Wildman–Crippen LogP) is 5.33. The van der Waals surface area contributed by atoms with Crippen molar-refractivity contribution in [1.29, 1.82) is 0 Å². The Bertz CT molecular complexity index is 1140. The summed E-state index contributed by atoms with van der Waals surface area (Å²) >= 11 is 0. The van der Waals surface area contributed by atoms with Crippen molar-refractivity contribution < 1.29 is 18.7 Å². The number of halogens is 1. The third kappa shape index (κ3) is 6.43. The molecular weight excluding hydrogens is 455 g/mol. The van der Waals surface area contributed by atoms with Crippen molar-refractivity contribution in [2.45, 2.75) is 38.8 Å². The van der Waals surface area contributed by atoms with Gasteiger partial charge >= 0.3 is 0 Å². The average molecular weight is 491 g/mol. The SMILES string of the molecule is CCc1ccc(C2CC(C(=O)NCc3ccccc3F)CN(Cc3cc(OC)cc(OC)c3)C2)cc1. The molecule has 2 atom stereocenters. The van der Waals surface area contributed by atoms with Gasteiger partial charge in [-0.05, 0) is 53.6 Å². The second kappa shape index (κ2) is 12.0. The zero-order valence-electron chi connectivity index (χ0n) is 21.3. The van der Waals surface area contributed by atoms with Gasteiger partial charge in [-0.25, -0.2) is 4.39 Å². The van der Waals surface area contributed by atoms with E-state index in [9.17, 15) is 9.18 Å². The maximum absolute atomic E-state index is 14.1. The van der Waals surface area contributed by atoms with E-state index >= 15 is 0 Å². The fourth-order valence-corrected chi connectivity index (χ4v) is 4.96. The molecule has 5 nitrogen and oxygen atoms in total. The lowest BCUT2D eigenvalue weighted by Gasteiger charge is -2.37. The molecule has 3 aromatic carbocycles. The summed E-state index contributed by atoms with van der Waals surface area (Å²) in [5, 5.41) is 2.98. The number of carbonyl (C=O) groups excluding carboxylic acids is 1. The molecule has 4 rings (SSSR count). The lowest BCUT2D eigenvalue weighted by Crippen LogP contribution is -2.45. The van der Waals surface area contributed by atoms with E-state index in [4.69, 9.17) is 9.47 Å². The van der Waals surface area contributed by atoms with Crippen molar-refractivity contribution in [3.8, 4) is 11.5 Å². The number of rotatable bonds is 9. The number of hydrogen-bond donors (Lipinski definition) is 1. The summed E-state index contributed by atoms with van der Waals surface area (Å²) in [4.78, 5) is 15.6. The van der Waals surface area contributed by atoms with Gasteiger partial charge in [0.25, 0.3) is 0 Å². The van der Waals surface area contributed by atoms with E-state index in [2.05, 4.69) is 41.4 Å². The minimum Gasteiger partial charge on any atom is -0.497 e. The number of hydrogen-bond acceptors (Lipinski definition) is 4. The molecule has 6 heteroatoms. The topological polar surface area (TPSA) is 50.8 Å². The van der Waals surface area contributed by atoms with Gasteiger partial charge in [-0.2, -0.15) is 0 Å². The average Bonchev–Trinajstić information content (AvgIpc) is 2.92. The molecule has 0 saturated carbocycles. The zero-order chi connectivity index (χ0) is 25.5. The Morgan fingerprint density at radius 3 is 2.31 bits per heavy atom. The highest BCUT2D eigenvalue weighted by atomic mass is 19.1. The third-order valence-electron chi connectivity index (χ3n) is 6.98. The second-order valence-electron chi connectivity index (χ2n) is 9.45. The van der Waals surface area contributed by atoms with Crippen LogP contribution >= 0.6 is 0 Å². The van der Waals surface area contributed by atoms with Crippen LogP contribution in [0.5, 0.6) is 11.5 Å². The minimum absolute atomic E-state index is 0.0404. The van der Waals surface area contributed by atoms with Crippen LogP contribution in [-0.4, -0.2) is 38.1 Å². The fraction of sp³-hybridized carbons (Fsp3) is 0.367. The van der Waals surface area contributed by atoms with Crippen LogP contribution in [-0.2, 0) is 24.3 Å². The molecule has 1 heterocycles. The summed E-state index contributed by atoms with van der Waals surface area (Å²) in [5.74, 6) is 1.17. The number of nitrogens with zero attached hydrogens (tertiary/aromatic N) is 1. The Balaban J connectivity index is 1.53. The number of likely N-dealkylation sites (tertiary alicyclic amines) is 1. The molecular formula is C30H35FN2O3. The van der Waals surface area contributed by atoms with Crippen molar-refractivity contribution in [2.24, 2.45) is 5.92 Å². The largest absolute Gasteiger partial charge is 0.497 e. The lowest BCUT2D eigenvalue weighted by molar-refractivity contribution is -0.127. The number of nitrogens with one attached hydrogen (secondary N) is 1. The van der Waals surface area contributed by atoms with Gasteiger partial charge in [-0.3, -0.25) is 9.69 Å². The summed E-state index contributed by atoms with van der Waals surface area (Å²) in [6, 6.07) is 21.2. The number of ether oxygens (including phenoxy) is 2. The standard InChI is InChI=1S/C30H35FN2O3/c1-4-21-9-11-23(12-10-21)25-15-26(30(34)32-17-24-7-5-6-8-29(24)31)20-33(19-25)18-22-13-27(35-2)16-28(14-22)36-3/h5-14,16,25-26H,4,15,17-20H2,1-3H3,(H,32,34). The van der Waals surface area contributed by atoms with Crippen LogP contribution in [0.4, 0.5) is 4.39 Å². The monoisotopic (exact) mass is 490 g/mol. The maximum Gasteiger partial charge on any atom is 0.224 e. The van der Waals surface area contributed by atoms with Gasteiger partial charge < -0.3 is 14.8 Å². The summed E-state index contributed by atoms with van der Waals surface area (Å²) < 4.78 is 25.0. The summed E-state index contributed by atoms with van der Waals surface area (Å²) in [6.07, 6.45) is 1.75. The third-order valence-corrected chi connectivity index (χ3v) is 6.98. The molecule has 1 saturated heterocycles. The van der Waals surface area contributed by atoms with E-state index in [1.54, 1.807) is 32.4 Å². The molecule has 1 aliphatic rings. The van der Waals surface area contributed by atoms with E-state index < -0.39 is 0 Å². The molecule has 0 aromatic heterocycles. The zero-order valence-corrected chi connectivity index (χ0v) is 21.3. The molecule has 1 amide bonds. The highest BCUT2D eigenvalue weighted by Gasteiger charge is 2.32. The molecule has 36 heavy (non-hydrogen) atoms. The van der Waals surface area contributed by atoms with Gasteiger partial charge in [0.1, 0.15) is 17.3 Å². The number of methoxy groups -OCH3 is 2. The number of piperidine rings is 1. The Morgan fingerprint density at radius 2 is 1.67 bits per heavy atom. The van der Waals surface area contributed by atoms with Crippen LogP contribution in [0.1, 0.15) is 41.5 Å². The Labute approximate surface area is 213 Å². The van der Waals surface area contributed by atoms with E-state index in [-0.39, 0.29) is 30.1 Å². The van der Waals surface area contributed by atoms with Crippen LogP contribution in [0.2, 0.25) is 0 Å². The van der Waals surface area contributed by atoms with Gasteiger partial charge in [0.05, 0.1) is 20.1 Å². The molecule has 1 aliphatic heterocycles. The first-order valence-electron chi connectivity index (χ1n) is 12.5. The smallest absolute Gasteiger partial charge is 0.224 e. The van der Waals surface area contributed by atoms with Gasteiger partial charge in [0.15, 0.2) is 0 Å². The first-order valence-corrected chi connectivity index (χ1v) is 12.5. The van der Waals surface area contributed by atoms with Gasteiger partial charge in [0.2, 0.25) is 5.91 Å². The number of benzene rings is 3. The molecule has 0 bridgehead atoms. The molecule has 1 fully saturated rings. The van der Waals surface area contributed by atoms with Gasteiger partial charge in [-0.15, -0.1) is 0 Å². The minimum atomic E-state index is -0.302. The second-order valence-corrected chi connectivity index (χ2v) is 9.45. The van der Waals surface area contributed by atoms with E-state index in [0.29, 0.717) is 18.7 Å². The normalized spacial score (nSPS) is 18.0. The number of carbonyl (C=O) groups is 1. The molecule has 0 aliphatic carbocycles. The van der Waals surface area contributed by atoms with E-state index in [1.807, 2.05) is 18.2 Å². The van der Waals surface area contributed by atoms with Crippen LogP contribution in [0, 0.1) is 11.7 Å². The molecule has 2 unspecified atom stereocenters. The molecule has 0 radical (unpaired) electrons. The lowest BCUT2D eigenvalue weighted by atomic mass is 9.83. The highest BCUT2D eigenvalue weighted by Crippen LogP contribution is 2.33. The molecule has 1 N–H and O–H groups in total. The number of aryl methyl sites for hydroxylation is 1. The molecule has 190 valence electrons. The summed E-state index contributed by atoms with van der Waals surface area (Å²) in [7, 11) is 3.29. The van der Waals surface area contributed by atoms with Crippen molar-refractivity contribution in [3.63, 3.8) is 0 Å². The van der Waals surface area contributed by atoms with Crippen LogP contribution in [0.25, 0.3) is 0 Å². The Hall–Kier alpha value is -3.38. The Morgan fingerprint density at radius 1 is 0.972 bits per heavy atom. The fourth-order valence-electron chi connectivity index (χ4n) is 4.96. The molecule has 0 spiro atoms. The van der Waals surface area contributed by atoms with E-state index in [0.717, 1.165) is 36.4 Å². The quantitative estimate of drug-likeness (QED) is 0.441. The van der Waals surface area contributed by atoms with Crippen molar-refractivity contribution in [2.75, 3.05) is 27.3 Å².